The maximum Gasteiger partial charge on any atom is 0.128 e. The second-order valence-corrected chi connectivity index (χ2v) is 4.88. The first-order valence-electron chi connectivity index (χ1n) is 6.12. The van der Waals surface area contributed by atoms with Crippen LogP contribution in [-0.4, -0.2) is 11.7 Å². The molecule has 0 aromatic heterocycles. The number of nitrogens with two attached hydrogens (primary N) is 1. The van der Waals surface area contributed by atoms with Crippen molar-refractivity contribution in [3.8, 4) is 0 Å². The molecular formula is C15H14ClF2NO. The Bertz CT molecular complexity index is 569. The van der Waals surface area contributed by atoms with Gasteiger partial charge in [0.05, 0.1) is 6.10 Å². The van der Waals surface area contributed by atoms with Crippen LogP contribution in [0.2, 0.25) is 5.02 Å². The molecule has 3 N–H and O–H groups in total. The lowest BCUT2D eigenvalue weighted by atomic mass is 9.89. The smallest absolute Gasteiger partial charge is 0.128 e. The lowest BCUT2D eigenvalue weighted by Gasteiger charge is -2.23. The molecule has 2 aromatic carbocycles. The van der Waals surface area contributed by atoms with E-state index in [1.165, 1.54) is 36.4 Å². The molecule has 5 heteroatoms. The monoisotopic (exact) mass is 297 g/mol. The molecule has 0 saturated heterocycles. The lowest BCUT2D eigenvalue weighted by Crippen LogP contribution is -2.21. The van der Waals surface area contributed by atoms with E-state index in [0.29, 0.717) is 5.56 Å². The highest BCUT2D eigenvalue weighted by Gasteiger charge is 2.26. The highest BCUT2D eigenvalue weighted by atomic mass is 35.5. The molecule has 0 aliphatic heterocycles. The number of hydrogen-bond donors (Lipinski definition) is 2. The van der Waals surface area contributed by atoms with Crippen molar-refractivity contribution >= 4 is 11.6 Å². The van der Waals surface area contributed by atoms with Crippen molar-refractivity contribution in [3.63, 3.8) is 0 Å². The number of aliphatic hydroxyl groups excluding tert-OH is 1. The lowest BCUT2D eigenvalue weighted by molar-refractivity contribution is 0.145. The second kappa shape index (κ2) is 6.31. The molecule has 0 fully saturated rings. The summed E-state index contributed by atoms with van der Waals surface area (Å²) in [5.41, 5.74) is 6.29. The van der Waals surface area contributed by atoms with Crippen LogP contribution < -0.4 is 5.73 Å². The van der Waals surface area contributed by atoms with Crippen LogP contribution in [0.25, 0.3) is 0 Å². The first kappa shape index (κ1) is 14.9. The fourth-order valence-electron chi connectivity index (χ4n) is 2.16. The van der Waals surface area contributed by atoms with Gasteiger partial charge < -0.3 is 10.8 Å². The predicted molar refractivity (Wildman–Crippen MR) is 74.6 cm³/mol. The third kappa shape index (κ3) is 2.98. The van der Waals surface area contributed by atoms with Gasteiger partial charge in [0, 0.05) is 23.0 Å². The van der Waals surface area contributed by atoms with Crippen molar-refractivity contribution in [2.75, 3.05) is 6.54 Å². The van der Waals surface area contributed by atoms with E-state index < -0.39 is 23.7 Å². The number of rotatable bonds is 4. The third-order valence-electron chi connectivity index (χ3n) is 3.22. The van der Waals surface area contributed by atoms with Crippen molar-refractivity contribution in [3.05, 3.63) is 70.2 Å². The zero-order chi connectivity index (χ0) is 14.7. The van der Waals surface area contributed by atoms with Crippen LogP contribution in [0.3, 0.4) is 0 Å². The minimum absolute atomic E-state index is 0.0131. The van der Waals surface area contributed by atoms with Gasteiger partial charge in [0.1, 0.15) is 11.6 Å². The van der Waals surface area contributed by atoms with Gasteiger partial charge in [-0.05, 0) is 29.8 Å². The first-order chi connectivity index (χ1) is 9.54. The minimum atomic E-state index is -1.06. The molecule has 2 aromatic rings. The van der Waals surface area contributed by atoms with Gasteiger partial charge in [-0.25, -0.2) is 8.78 Å². The summed E-state index contributed by atoms with van der Waals surface area (Å²) < 4.78 is 26.8. The molecule has 0 aliphatic rings. The Balaban J connectivity index is 2.39. The molecule has 0 saturated carbocycles. The molecule has 0 aliphatic carbocycles. The molecule has 2 nitrogen and oxygen atoms in total. The quantitative estimate of drug-likeness (QED) is 0.908. The summed E-state index contributed by atoms with van der Waals surface area (Å²) in [5, 5.41) is 10.6. The van der Waals surface area contributed by atoms with Gasteiger partial charge >= 0.3 is 0 Å². The molecule has 0 bridgehead atoms. The summed E-state index contributed by atoms with van der Waals surface area (Å²) in [7, 11) is 0. The molecule has 0 radical (unpaired) electrons. The van der Waals surface area contributed by atoms with Gasteiger partial charge in [0.2, 0.25) is 0 Å². The number of halogens is 3. The van der Waals surface area contributed by atoms with Crippen molar-refractivity contribution in [2.24, 2.45) is 5.73 Å². The van der Waals surface area contributed by atoms with E-state index in [4.69, 9.17) is 17.3 Å². The molecular weight excluding hydrogens is 284 g/mol. The summed E-state index contributed by atoms with van der Waals surface area (Å²) in [4.78, 5) is 0. The van der Waals surface area contributed by atoms with Gasteiger partial charge in [-0.3, -0.25) is 0 Å². The number of benzene rings is 2. The van der Waals surface area contributed by atoms with E-state index in [9.17, 15) is 13.9 Å². The maximum absolute atomic E-state index is 13.9. The van der Waals surface area contributed by atoms with Crippen molar-refractivity contribution in [1.82, 2.24) is 0 Å². The SMILES string of the molecule is NCC(c1c(F)cccc1Cl)C(O)c1ccc(F)cc1. The molecule has 2 rings (SSSR count). The van der Waals surface area contributed by atoms with Crippen LogP contribution in [0.1, 0.15) is 23.1 Å². The van der Waals surface area contributed by atoms with Gasteiger partial charge in [-0.1, -0.05) is 29.8 Å². The molecule has 2 atom stereocenters. The summed E-state index contributed by atoms with van der Waals surface area (Å²) in [5.74, 6) is -1.63. The highest BCUT2D eigenvalue weighted by Crippen LogP contribution is 2.35. The highest BCUT2D eigenvalue weighted by molar-refractivity contribution is 6.31. The summed E-state index contributed by atoms with van der Waals surface area (Å²) in [6.07, 6.45) is -1.06. The van der Waals surface area contributed by atoms with E-state index in [-0.39, 0.29) is 17.1 Å². The first-order valence-corrected chi connectivity index (χ1v) is 6.50. The molecule has 0 heterocycles. The molecule has 2 unspecified atom stereocenters. The normalized spacial score (nSPS) is 14.1. The molecule has 0 amide bonds. The number of hydrogen-bond acceptors (Lipinski definition) is 2. The van der Waals surface area contributed by atoms with Crippen LogP contribution in [0, 0.1) is 11.6 Å². The van der Waals surface area contributed by atoms with Crippen LogP contribution >= 0.6 is 11.6 Å². The average molecular weight is 298 g/mol. The van der Waals surface area contributed by atoms with Crippen molar-refractivity contribution < 1.29 is 13.9 Å². The van der Waals surface area contributed by atoms with E-state index in [1.54, 1.807) is 6.07 Å². The van der Waals surface area contributed by atoms with E-state index in [2.05, 4.69) is 0 Å². The molecule has 0 spiro atoms. The summed E-state index contributed by atoms with van der Waals surface area (Å²) in [6, 6.07) is 9.64. The van der Waals surface area contributed by atoms with Crippen LogP contribution in [-0.2, 0) is 0 Å². The Morgan fingerprint density at radius 1 is 1.10 bits per heavy atom. The Morgan fingerprint density at radius 2 is 1.75 bits per heavy atom. The minimum Gasteiger partial charge on any atom is -0.388 e. The maximum atomic E-state index is 13.9. The van der Waals surface area contributed by atoms with Gasteiger partial charge in [0.15, 0.2) is 0 Å². The van der Waals surface area contributed by atoms with Crippen LogP contribution in [0.4, 0.5) is 8.78 Å². The van der Waals surface area contributed by atoms with E-state index in [1.807, 2.05) is 0 Å². The van der Waals surface area contributed by atoms with Crippen molar-refractivity contribution in [2.45, 2.75) is 12.0 Å². The average Bonchev–Trinajstić information content (AvgIpc) is 2.43. The molecule has 106 valence electrons. The predicted octanol–water partition coefficient (Wildman–Crippen LogP) is 3.39. The van der Waals surface area contributed by atoms with Gasteiger partial charge in [0.25, 0.3) is 0 Å². The Hall–Kier alpha value is -1.49. The third-order valence-corrected chi connectivity index (χ3v) is 3.55. The fraction of sp³-hybridized carbons (Fsp3) is 0.200. The van der Waals surface area contributed by atoms with E-state index in [0.717, 1.165) is 0 Å². The molecule has 20 heavy (non-hydrogen) atoms. The topological polar surface area (TPSA) is 46.2 Å². The Kier molecular flexibility index (Phi) is 4.70. The van der Waals surface area contributed by atoms with Crippen LogP contribution in [0.5, 0.6) is 0 Å². The summed E-state index contributed by atoms with van der Waals surface area (Å²) in [6.45, 7) is 0.0131. The largest absolute Gasteiger partial charge is 0.388 e. The van der Waals surface area contributed by atoms with E-state index >= 15 is 0 Å². The Labute approximate surface area is 120 Å². The summed E-state index contributed by atoms with van der Waals surface area (Å²) >= 11 is 5.99. The Morgan fingerprint density at radius 3 is 2.30 bits per heavy atom. The zero-order valence-electron chi connectivity index (χ0n) is 10.6. The second-order valence-electron chi connectivity index (χ2n) is 4.47. The number of aliphatic hydroxyl groups is 1. The van der Waals surface area contributed by atoms with Gasteiger partial charge in [-0.2, -0.15) is 0 Å². The van der Waals surface area contributed by atoms with Crippen molar-refractivity contribution in [1.29, 1.82) is 0 Å². The fourth-order valence-corrected chi connectivity index (χ4v) is 2.46. The van der Waals surface area contributed by atoms with Gasteiger partial charge in [-0.15, -0.1) is 0 Å². The van der Waals surface area contributed by atoms with Crippen LogP contribution in [0.15, 0.2) is 42.5 Å². The zero-order valence-corrected chi connectivity index (χ0v) is 11.3. The standard InChI is InChI=1S/C15H14ClF2NO/c16-12-2-1-3-13(18)14(12)11(8-19)15(20)9-4-6-10(17)7-5-9/h1-7,11,15,20H,8,19H2.